The first kappa shape index (κ1) is 20.3. The molecule has 0 radical (unpaired) electrons. The molecule has 0 bridgehead atoms. The summed E-state index contributed by atoms with van der Waals surface area (Å²) in [5, 5.41) is 4.06. The molecular weight excluding hydrogens is 412 g/mol. The molecular formula is C25H21ClN2OS. The number of hydrogen-bond acceptors (Lipinski definition) is 3. The number of hydrogen-bond donors (Lipinski definition) is 1. The minimum absolute atomic E-state index is 0.208. The molecule has 0 aliphatic rings. The highest BCUT2D eigenvalue weighted by Crippen LogP contribution is 2.33. The van der Waals surface area contributed by atoms with Crippen molar-refractivity contribution in [3.05, 3.63) is 94.3 Å². The van der Waals surface area contributed by atoms with E-state index in [0.29, 0.717) is 15.7 Å². The summed E-state index contributed by atoms with van der Waals surface area (Å²) >= 11 is 7.54. The van der Waals surface area contributed by atoms with Crippen LogP contribution < -0.4 is 5.32 Å². The third-order valence-electron chi connectivity index (χ3n) is 4.75. The molecule has 3 nitrogen and oxygen atoms in total. The first-order valence-corrected chi connectivity index (χ1v) is 11.1. The van der Waals surface area contributed by atoms with Crippen molar-refractivity contribution in [3.8, 4) is 22.4 Å². The Bertz CT molecular complexity index is 1150. The number of anilines is 1. The molecule has 0 atom stereocenters. The van der Waals surface area contributed by atoms with Gasteiger partial charge in [-0.2, -0.15) is 0 Å². The van der Waals surface area contributed by atoms with Crippen LogP contribution in [0.5, 0.6) is 0 Å². The van der Waals surface area contributed by atoms with Gasteiger partial charge in [0.15, 0.2) is 5.13 Å². The fraction of sp³-hybridized carbons (Fsp3) is 0.120. The quantitative estimate of drug-likeness (QED) is 0.346. The summed E-state index contributed by atoms with van der Waals surface area (Å²) in [6.45, 7) is 2.15. The second kappa shape index (κ2) is 9.24. The standard InChI is InChI=1S/C25H21ClN2OS/c1-2-7-22-23(19-14-12-18(13-15-19)17-8-4-3-5-9-17)27-25(30-22)28-24(29)20-10-6-11-21(26)16-20/h3-6,8-16H,2,7H2,1H3,(H,27,28,29). The summed E-state index contributed by atoms with van der Waals surface area (Å²) < 4.78 is 0. The highest BCUT2D eigenvalue weighted by molar-refractivity contribution is 7.16. The maximum atomic E-state index is 12.6. The van der Waals surface area contributed by atoms with Crippen molar-refractivity contribution in [1.82, 2.24) is 4.98 Å². The van der Waals surface area contributed by atoms with E-state index in [4.69, 9.17) is 16.6 Å². The number of nitrogens with one attached hydrogen (secondary N) is 1. The van der Waals surface area contributed by atoms with E-state index in [-0.39, 0.29) is 5.91 Å². The zero-order valence-corrected chi connectivity index (χ0v) is 18.1. The number of carbonyl (C=O) groups is 1. The Balaban J connectivity index is 1.60. The Morgan fingerprint density at radius 3 is 2.33 bits per heavy atom. The minimum atomic E-state index is -0.208. The van der Waals surface area contributed by atoms with Crippen LogP contribution in [-0.2, 0) is 6.42 Å². The van der Waals surface area contributed by atoms with Crippen LogP contribution in [-0.4, -0.2) is 10.9 Å². The number of benzene rings is 3. The number of rotatable bonds is 6. The molecule has 1 heterocycles. The van der Waals surface area contributed by atoms with Crippen molar-refractivity contribution < 1.29 is 4.79 Å². The Hall–Kier alpha value is -2.95. The Morgan fingerprint density at radius 1 is 0.933 bits per heavy atom. The lowest BCUT2D eigenvalue weighted by molar-refractivity contribution is 0.102. The lowest BCUT2D eigenvalue weighted by Crippen LogP contribution is -2.11. The van der Waals surface area contributed by atoms with E-state index < -0.39 is 0 Å². The van der Waals surface area contributed by atoms with Gasteiger partial charge in [0.25, 0.3) is 5.91 Å². The monoisotopic (exact) mass is 432 g/mol. The largest absolute Gasteiger partial charge is 0.298 e. The van der Waals surface area contributed by atoms with Crippen LogP contribution in [0.4, 0.5) is 5.13 Å². The molecule has 1 N–H and O–H groups in total. The van der Waals surface area contributed by atoms with Gasteiger partial charge >= 0.3 is 0 Å². The van der Waals surface area contributed by atoms with Crippen LogP contribution >= 0.6 is 22.9 Å². The van der Waals surface area contributed by atoms with Crippen molar-refractivity contribution in [3.63, 3.8) is 0 Å². The summed E-state index contributed by atoms with van der Waals surface area (Å²) in [5.41, 5.74) is 4.86. The maximum Gasteiger partial charge on any atom is 0.257 e. The number of amides is 1. The van der Waals surface area contributed by atoms with E-state index in [1.54, 1.807) is 24.3 Å². The topological polar surface area (TPSA) is 42.0 Å². The average molecular weight is 433 g/mol. The molecule has 1 aromatic heterocycles. The van der Waals surface area contributed by atoms with E-state index in [1.165, 1.54) is 27.3 Å². The van der Waals surface area contributed by atoms with Gasteiger partial charge in [0.2, 0.25) is 0 Å². The first-order valence-electron chi connectivity index (χ1n) is 9.86. The lowest BCUT2D eigenvalue weighted by atomic mass is 10.0. The molecule has 0 aliphatic heterocycles. The van der Waals surface area contributed by atoms with Gasteiger partial charge in [-0.25, -0.2) is 4.98 Å². The number of aromatic nitrogens is 1. The zero-order chi connectivity index (χ0) is 20.9. The van der Waals surface area contributed by atoms with Gasteiger partial charge in [0.05, 0.1) is 5.69 Å². The molecule has 0 unspecified atom stereocenters. The summed E-state index contributed by atoms with van der Waals surface area (Å²) in [6.07, 6.45) is 1.93. The minimum Gasteiger partial charge on any atom is -0.298 e. The van der Waals surface area contributed by atoms with Crippen molar-refractivity contribution >= 4 is 34.0 Å². The number of nitrogens with zero attached hydrogens (tertiary/aromatic N) is 1. The molecule has 150 valence electrons. The molecule has 3 aromatic carbocycles. The van der Waals surface area contributed by atoms with Gasteiger partial charge in [-0.15, -0.1) is 11.3 Å². The normalized spacial score (nSPS) is 10.7. The highest BCUT2D eigenvalue weighted by Gasteiger charge is 2.15. The summed E-state index contributed by atoms with van der Waals surface area (Å²) in [5.74, 6) is -0.208. The summed E-state index contributed by atoms with van der Waals surface area (Å²) in [6, 6.07) is 25.6. The number of thiazole rings is 1. The van der Waals surface area contributed by atoms with Gasteiger partial charge < -0.3 is 0 Å². The van der Waals surface area contributed by atoms with Crippen molar-refractivity contribution in [2.24, 2.45) is 0 Å². The molecule has 0 fully saturated rings. The molecule has 0 aliphatic carbocycles. The van der Waals surface area contributed by atoms with Crippen LogP contribution in [0.15, 0.2) is 78.9 Å². The molecule has 4 aromatic rings. The van der Waals surface area contributed by atoms with Crippen LogP contribution in [0.1, 0.15) is 28.6 Å². The van der Waals surface area contributed by atoms with Gasteiger partial charge in [-0.05, 0) is 35.7 Å². The van der Waals surface area contributed by atoms with Crippen LogP contribution in [0, 0.1) is 0 Å². The predicted molar refractivity (Wildman–Crippen MR) is 126 cm³/mol. The smallest absolute Gasteiger partial charge is 0.257 e. The van der Waals surface area contributed by atoms with Crippen LogP contribution in [0.2, 0.25) is 5.02 Å². The third-order valence-corrected chi connectivity index (χ3v) is 6.01. The molecule has 30 heavy (non-hydrogen) atoms. The van der Waals surface area contributed by atoms with Crippen molar-refractivity contribution in [1.29, 1.82) is 0 Å². The molecule has 5 heteroatoms. The van der Waals surface area contributed by atoms with E-state index in [9.17, 15) is 4.79 Å². The maximum absolute atomic E-state index is 12.6. The van der Waals surface area contributed by atoms with Gasteiger partial charge in [0.1, 0.15) is 0 Å². The summed E-state index contributed by atoms with van der Waals surface area (Å²) in [7, 11) is 0. The van der Waals surface area contributed by atoms with E-state index in [0.717, 1.165) is 24.1 Å². The van der Waals surface area contributed by atoms with Crippen LogP contribution in [0.3, 0.4) is 0 Å². The fourth-order valence-electron chi connectivity index (χ4n) is 3.28. The Morgan fingerprint density at radius 2 is 1.63 bits per heavy atom. The van der Waals surface area contributed by atoms with Gasteiger partial charge in [-0.1, -0.05) is 85.6 Å². The van der Waals surface area contributed by atoms with Crippen molar-refractivity contribution in [2.75, 3.05) is 5.32 Å². The number of carbonyl (C=O) groups excluding carboxylic acids is 1. The van der Waals surface area contributed by atoms with E-state index in [2.05, 4.69) is 48.6 Å². The van der Waals surface area contributed by atoms with Gasteiger partial charge in [0, 0.05) is 21.0 Å². The molecule has 0 saturated carbocycles. The highest BCUT2D eigenvalue weighted by atomic mass is 35.5. The molecule has 1 amide bonds. The number of halogens is 1. The predicted octanol–water partition coefficient (Wildman–Crippen LogP) is 7.34. The molecule has 4 rings (SSSR count). The average Bonchev–Trinajstić information content (AvgIpc) is 3.17. The van der Waals surface area contributed by atoms with Crippen LogP contribution in [0.25, 0.3) is 22.4 Å². The lowest BCUT2D eigenvalue weighted by Gasteiger charge is -2.05. The second-order valence-electron chi connectivity index (χ2n) is 6.95. The fourth-order valence-corrected chi connectivity index (χ4v) is 4.55. The zero-order valence-electron chi connectivity index (χ0n) is 16.6. The third kappa shape index (κ3) is 4.61. The van der Waals surface area contributed by atoms with E-state index >= 15 is 0 Å². The van der Waals surface area contributed by atoms with Gasteiger partial charge in [-0.3, -0.25) is 10.1 Å². The second-order valence-corrected chi connectivity index (χ2v) is 8.47. The molecule has 0 saturated heterocycles. The van der Waals surface area contributed by atoms with Crippen molar-refractivity contribution in [2.45, 2.75) is 19.8 Å². The SMILES string of the molecule is CCCc1sc(NC(=O)c2cccc(Cl)c2)nc1-c1ccc(-c2ccccc2)cc1. The Labute approximate surface area is 185 Å². The Kier molecular flexibility index (Phi) is 6.26. The number of aryl methyl sites for hydroxylation is 1. The first-order chi connectivity index (χ1) is 14.6. The molecule has 0 spiro atoms. The van der Waals surface area contributed by atoms with E-state index in [1.807, 2.05) is 18.2 Å². The summed E-state index contributed by atoms with van der Waals surface area (Å²) in [4.78, 5) is 18.5.